The van der Waals surface area contributed by atoms with Crippen molar-refractivity contribution in [3.8, 4) is 11.5 Å². The van der Waals surface area contributed by atoms with Crippen LogP contribution in [-0.2, 0) is 9.59 Å². The molecular weight excluding hydrogens is 406 g/mol. The fourth-order valence-electron chi connectivity index (χ4n) is 3.35. The van der Waals surface area contributed by atoms with Crippen molar-refractivity contribution < 1.29 is 23.6 Å². The predicted molar refractivity (Wildman–Crippen MR) is 110 cm³/mol. The van der Waals surface area contributed by atoms with Gasteiger partial charge in [0.05, 0.1) is 5.69 Å². The first-order valence-corrected chi connectivity index (χ1v) is 9.51. The predicted octanol–water partition coefficient (Wildman–Crippen LogP) is 3.21. The normalized spacial score (nSPS) is 15.2. The molecule has 1 aromatic heterocycles. The van der Waals surface area contributed by atoms with Gasteiger partial charge in [-0.15, -0.1) is 0 Å². The molecule has 0 spiro atoms. The number of benzene rings is 2. The van der Waals surface area contributed by atoms with Crippen molar-refractivity contribution in [3.05, 3.63) is 83.8 Å². The third-order valence-electron chi connectivity index (χ3n) is 4.76. The summed E-state index contributed by atoms with van der Waals surface area (Å²) in [4.78, 5) is 27.8. The number of carbonyl (C=O) groups excluding carboxylic acids is 2. The Balaban J connectivity index is 1.58. The maximum atomic E-state index is 13.4. The van der Waals surface area contributed by atoms with E-state index in [0.29, 0.717) is 27.9 Å². The Kier molecular flexibility index (Phi) is 4.37. The zero-order valence-electron chi connectivity index (χ0n) is 15.5. The summed E-state index contributed by atoms with van der Waals surface area (Å²) in [6.07, 6.45) is 3.43. The number of imide groups is 1. The van der Waals surface area contributed by atoms with Gasteiger partial charge in [0.15, 0.2) is 29.6 Å². The summed E-state index contributed by atoms with van der Waals surface area (Å²) in [6.45, 7) is 0.105. The summed E-state index contributed by atoms with van der Waals surface area (Å²) < 4.78 is 12.3. The number of rotatable bonds is 4. The van der Waals surface area contributed by atoms with Gasteiger partial charge in [-0.25, -0.2) is 4.90 Å². The van der Waals surface area contributed by atoms with E-state index in [9.17, 15) is 9.59 Å². The number of halogens is 1. The van der Waals surface area contributed by atoms with Gasteiger partial charge < -0.3 is 14.8 Å². The molecule has 2 aliphatic rings. The second-order valence-electron chi connectivity index (χ2n) is 6.62. The van der Waals surface area contributed by atoms with Crippen LogP contribution >= 0.6 is 11.6 Å². The van der Waals surface area contributed by atoms with Gasteiger partial charge >= 0.3 is 11.6 Å². The highest BCUT2D eigenvalue weighted by molar-refractivity contribution is 6.42. The lowest BCUT2D eigenvalue weighted by atomic mass is 10.2. The molecule has 0 bridgehead atoms. The van der Waals surface area contributed by atoms with Crippen LogP contribution in [0.2, 0.25) is 5.02 Å². The lowest BCUT2D eigenvalue weighted by molar-refractivity contribution is -0.577. The lowest BCUT2D eigenvalue weighted by Crippen LogP contribution is -2.39. The van der Waals surface area contributed by atoms with E-state index in [2.05, 4.69) is 5.32 Å². The number of fused-ring (bicyclic) bond motifs is 1. The molecule has 3 aromatic rings. The minimum atomic E-state index is -0.472. The Morgan fingerprint density at radius 2 is 1.63 bits per heavy atom. The highest BCUT2D eigenvalue weighted by atomic mass is 35.5. The van der Waals surface area contributed by atoms with E-state index in [1.54, 1.807) is 71.6 Å². The Morgan fingerprint density at radius 1 is 0.900 bits per heavy atom. The van der Waals surface area contributed by atoms with Crippen LogP contribution in [0, 0.1) is 0 Å². The first-order valence-electron chi connectivity index (χ1n) is 9.14. The van der Waals surface area contributed by atoms with Gasteiger partial charge in [0, 0.05) is 28.9 Å². The average Bonchev–Trinajstić information content (AvgIpc) is 3.32. The number of anilines is 2. The Labute approximate surface area is 176 Å². The summed E-state index contributed by atoms with van der Waals surface area (Å²) >= 11 is 5.96. The summed E-state index contributed by atoms with van der Waals surface area (Å²) in [5.41, 5.74) is 1.41. The maximum absolute atomic E-state index is 13.4. The van der Waals surface area contributed by atoms with Crippen molar-refractivity contribution >= 4 is 40.5 Å². The van der Waals surface area contributed by atoms with Gasteiger partial charge in [-0.2, -0.15) is 4.57 Å². The van der Waals surface area contributed by atoms with Crippen LogP contribution in [0.5, 0.6) is 11.5 Å². The number of hydrogen-bond acceptors (Lipinski definition) is 5. The monoisotopic (exact) mass is 420 g/mol. The van der Waals surface area contributed by atoms with Crippen molar-refractivity contribution in [3.63, 3.8) is 0 Å². The number of nitrogens with one attached hydrogen (secondary N) is 1. The number of carbonyl (C=O) groups is 2. The lowest BCUT2D eigenvalue weighted by Gasteiger charge is -2.14. The van der Waals surface area contributed by atoms with Gasteiger partial charge in [0.25, 0.3) is 5.91 Å². The van der Waals surface area contributed by atoms with Gasteiger partial charge in [-0.1, -0.05) is 17.7 Å². The summed E-state index contributed by atoms with van der Waals surface area (Å²) in [6, 6.07) is 17.2. The summed E-state index contributed by atoms with van der Waals surface area (Å²) in [5.74, 6) is 0.135. The van der Waals surface area contributed by atoms with E-state index in [1.807, 2.05) is 6.07 Å². The molecule has 3 heterocycles. The zero-order chi connectivity index (χ0) is 20.7. The molecule has 0 aliphatic carbocycles. The molecule has 0 saturated heterocycles. The molecule has 1 N–H and O–H groups in total. The molecule has 5 rings (SSSR count). The third-order valence-corrected chi connectivity index (χ3v) is 5.01. The van der Waals surface area contributed by atoms with Crippen molar-refractivity contribution in [1.29, 1.82) is 0 Å². The number of ether oxygens (including phenoxy) is 2. The van der Waals surface area contributed by atoms with Crippen molar-refractivity contribution in [2.24, 2.45) is 0 Å². The highest BCUT2D eigenvalue weighted by Gasteiger charge is 2.46. The molecule has 0 fully saturated rings. The Bertz CT molecular complexity index is 1190. The fraction of sp³-hybridized carbons (Fsp3) is 0.0455. The quantitative estimate of drug-likeness (QED) is 0.518. The number of pyridine rings is 1. The Morgan fingerprint density at radius 3 is 2.40 bits per heavy atom. The second kappa shape index (κ2) is 7.20. The minimum Gasteiger partial charge on any atom is -0.454 e. The number of hydrogen-bond donors (Lipinski definition) is 1. The van der Waals surface area contributed by atoms with Gasteiger partial charge in [-0.3, -0.25) is 9.59 Å². The Hall–Kier alpha value is -3.84. The smallest absolute Gasteiger partial charge is 0.333 e. The van der Waals surface area contributed by atoms with E-state index in [4.69, 9.17) is 21.1 Å². The van der Waals surface area contributed by atoms with Crippen LogP contribution in [-0.4, -0.2) is 18.6 Å². The second-order valence-corrected chi connectivity index (χ2v) is 7.06. The van der Waals surface area contributed by atoms with E-state index in [-0.39, 0.29) is 18.2 Å². The fourth-order valence-corrected chi connectivity index (χ4v) is 3.48. The zero-order valence-corrected chi connectivity index (χ0v) is 16.3. The molecule has 30 heavy (non-hydrogen) atoms. The van der Waals surface area contributed by atoms with Crippen LogP contribution < -0.4 is 24.3 Å². The standard InChI is InChI=1S/C22H14ClN3O4/c23-14-4-6-15(7-5-14)24-19-20(25-10-2-1-3-11-25)22(28)26(21(19)27)16-8-9-17-18(12-16)30-13-29-17/h1-12H,13H2/p+1. The van der Waals surface area contributed by atoms with Crippen LogP contribution in [0.15, 0.2) is 78.8 Å². The van der Waals surface area contributed by atoms with E-state index in [0.717, 1.165) is 4.90 Å². The van der Waals surface area contributed by atoms with Crippen molar-refractivity contribution in [1.82, 2.24) is 0 Å². The molecule has 8 heteroatoms. The molecule has 0 atom stereocenters. The van der Waals surface area contributed by atoms with E-state index in [1.165, 1.54) is 0 Å². The number of aromatic nitrogens is 1. The van der Waals surface area contributed by atoms with Crippen molar-refractivity contribution in [2.75, 3.05) is 17.0 Å². The summed E-state index contributed by atoms with van der Waals surface area (Å²) in [7, 11) is 0. The van der Waals surface area contributed by atoms with Gasteiger partial charge in [-0.05, 0) is 36.4 Å². The highest BCUT2D eigenvalue weighted by Crippen LogP contribution is 2.37. The maximum Gasteiger partial charge on any atom is 0.333 e. The SMILES string of the molecule is O=C1C(Nc2ccc(Cl)cc2)=C([n+]2ccccc2)C(=O)N1c1ccc2c(c1)OCO2. The minimum absolute atomic E-state index is 0.105. The molecule has 2 amide bonds. The largest absolute Gasteiger partial charge is 0.454 e. The first kappa shape index (κ1) is 18.2. The molecule has 0 radical (unpaired) electrons. The topological polar surface area (TPSA) is 71.8 Å². The molecule has 0 unspecified atom stereocenters. The van der Waals surface area contributed by atoms with Crippen LogP contribution in [0.3, 0.4) is 0 Å². The molecular formula is C22H15ClN3O4+. The third kappa shape index (κ3) is 3.05. The number of nitrogens with zero attached hydrogens (tertiary/aromatic N) is 2. The average molecular weight is 421 g/mol. The molecule has 7 nitrogen and oxygen atoms in total. The molecule has 148 valence electrons. The van der Waals surface area contributed by atoms with Gasteiger partial charge in [0.2, 0.25) is 6.79 Å². The van der Waals surface area contributed by atoms with Crippen LogP contribution in [0.25, 0.3) is 5.70 Å². The van der Waals surface area contributed by atoms with Crippen LogP contribution in [0.4, 0.5) is 11.4 Å². The molecule has 0 saturated carbocycles. The molecule has 2 aliphatic heterocycles. The van der Waals surface area contributed by atoms with Gasteiger partial charge in [0.1, 0.15) is 0 Å². The van der Waals surface area contributed by atoms with E-state index >= 15 is 0 Å². The first-order chi connectivity index (χ1) is 14.6. The van der Waals surface area contributed by atoms with Crippen LogP contribution in [0.1, 0.15) is 0 Å². The number of amides is 2. The van der Waals surface area contributed by atoms with Crippen molar-refractivity contribution in [2.45, 2.75) is 0 Å². The summed E-state index contributed by atoms with van der Waals surface area (Å²) in [5, 5.41) is 3.65. The van der Waals surface area contributed by atoms with E-state index < -0.39 is 11.8 Å². The molecule has 2 aromatic carbocycles.